The zero-order valence-corrected chi connectivity index (χ0v) is 17.1. The number of H-pyrrole nitrogens is 1. The van der Waals surface area contributed by atoms with E-state index in [1.54, 1.807) is 0 Å². The van der Waals surface area contributed by atoms with Gasteiger partial charge >= 0.3 is 6.18 Å². The summed E-state index contributed by atoms with van der Waals surface area (Å²) in [6, 6.07) is 8.74. The molecular formula is C20H15ClF3N5O3. The number of anilines is 2. The number of nitrogens with zero attached hydrogens (tertiary/aromatic N) is 2. The van der Waals surface area contributed by atoms with Crippen molar-refractivity contribution in [2.24, 2.45) is 5.73 Å². The highest BCUT2D eigenvalue weighted by atomic mass is 35.5. The summed E-state index contributed by atoms with van der Waals surface area (Å²) in [7, 11) is 1.43. The number of aromatic amines is 1. The number of imidazole rings is 1. The quantitative estimate of drug-likeness (QED) is 0.531. The molecule has 2 aromatic carbocycles. The fourth-order valence-corrected chi connectivity index (χ4v) is 3.14. The van der Waals surface area contributed by atoms with Gasteiger partial charge in [-0.3, -0.25) is 14.4 Å². The van der Waals surface area contributed by atoms with E-state index in [1.807, 2.05) is 0 Å². The van der Waals surface area contributed by atoms with E-state index in [0.29, 0.717) is 5.69 Å². The second-order valence-corrected chi connectivity index (χ2v) is 6.92. The van der Waals surface area contributed by atoms with Crippen molar-refractivity contribution in [3.05, 3.63) is 76.3 Å². The van der Waals surface area contributed by atoms with Gasteiger partial charge in [0.2, 0.25) is 0 Å². The molecule has 1 heterocycles. The minimum absolute atomic E-state index is 0.101. The summed E-state index contributed by atoms with van der Waals surface area (Å²) in [5.74, 6) is -2.51. The Morgan fingerprint density at radius 2 is 1.78 bits per heavy atom. The SMILES string of the molecule is CN(C(=O)c1[nH]cnc1C(N)=O)c1ccc(NC(=O)c2c(Cl)cccc2C(F)(F)F)cc1. The molecule has 0 spiro atoms. The molecule has 0 saturated heterocycles. The summed E-state index contributed by atoms with van der Waals surface area (Å²) in [6.07, 6.45) is -3.61. The van der Waals surface area contributed by atoms with Crippen LogP contribution in [0.4, 0.5) is 24.5 Å². The first-order chi connectivity index (χ1) is 15.0. The molecule has 0 radical (unpaired) electrons. The molecule has 3 amide bonds. The largest absolute Gasteiger partial charge is 0.417 e. The highest BCUT2D eigenvalue weighted by Crippen LogP contribution is 2.35. The molecule has 12 heteroatoms. The second kappa shape index (κ2) is 8.71. The molecule has 0 aliphatic heterocycles. The zero-order chi connectivity index (χ0) is 23.6. The molecule has 3 aromatic rings. The van der Waals surface area contributed by atoms with Gasteiger partial charge in [0.25, 0.3) is 17.7 Å². The van der Waals surface area contributed by atoms with E-state index in [9.17, 15) is 27.6 Å². The van der Waals surface area contributed by atoms with Crippen molar-refractivity contribution in [2.75, 3.05) is 17.3 Å². The number of amides is 3. The highest BCUT2D eigenvalue weighted by Gasteiger charge is 2.36. The number of rotatable bonds is 5. The third kappa shape index (κ3) is 4.57. The number of carbonyl (C=O) groups is 3. The van der Waals surface area contributed by atoms with Gasteiger partial charge in [0.15, 0.2) is 5.69 Å². The van der Waals surface area contributed by atoms with E-state index < -0.39 is 35.0 Å². The molecule has 0 unspecified atom stereocenters. The Balaban J connectivity index is 1.80. The Morgan fingerprint density at radius 3 is 2.38 bits per heavy atom. The minimum Gasteiger partial charge on any atom is -0.364 e. The summed E-state index contributed by atoms with van der Waals surface area (Å²) in [5.41, 5.74) is 3.55. The van der Waals surface area contributed by atoms with Gasteiger partial charge < -0.3 is 20.9 Å². The topological polar surface area (TPSA) is 121 Å². The standard InChI is InChI=1S/C20H15ClF3N5O3/c1-29(19(32)16-15(17(25)30)26-9-27-16)11-7-5-10(6-8-11)28-18(31)14-12(20(22,23)24)3-2-4-13(14)21/h2-9H,1H3,(H2,25,30)(H,26,27)(H,28,31). The average Bonchev–Trinajstić information content (AvgIpc) is 3.22. The summed E-state index contributed by atoms with van der Waals surface area (Å²) in [4.78, 5) is 43.9. The predicted molar refractivity (Wildman–Crippen MR) is 111 cm³/mol. The van der Waals surface area contributed by atoms with Crippen LogP contribution in [0.5, 0.6) is 0 Å². The molecule has 4 N–H and O–H groups in total. The lowest BCUT2D eigenvalue weighted by atomic mass is 10.1. The molecule has 0 aliphatic carbocycles. The number of halogens is 4. The maximum atomic E-state index is 13.2. The van der Waals surface area contributed by atoms with Crippen LogP contribution in [0, 0.1) is 0 Å². The van der Waals surface area contributed by atoms with Crippen molar-refractivity contribution < 1.29 is 27.6 Å². The van der Waals surface area contributed by atoms with Gasteiger partial charge in [-0.2, -0.15) is 13.2 Å². The van der Waals surface area contributed by atoms with Crippen LogP contribution < -0.4 is 16.0 Å². The number of alkyl halides is 3. The van der Waals surface area contributed by atoms with E-state index in [0.717, 1.165) is 18.5 Å². The van der Waals surface area contributed by atoms with Crippen LogP contribution in [0.1, 0.15) is 36.9 Å². The monoisotopic (exact) mass is 465 g/mol. The second-order valence-electron chi connectivity index (χ2n) is 6.52. The molecule has 8 nitrogen and oxygen atoms in total. The molecule has 32 heavy (non-hydrogen) atoms. The van der Waals surface area contributed by atoms with Crippen LogP contribution in [0.3, 0.4) is 0 Å². The highest BCUT2D eigenvalue weighted by molar-refractivity contribution is 6.34. The van der Waals surface area contributed by atoms with Crippen molar-refractivity contribution >= 4 is 40.7 Å². The number of nitrogens with two attached hydrogens (primary N) is 1. The Bertz CT molecular complexity index is 1190. The smallest absolute Gasteiger partial charge is 0.364 e. The lowest BCUT2D eigenvalue weighted by molar-refractivity contribution is -0.137. The maximum absolute atomic E-state index is 13.2. The molecule has 0 saturated carbocycles. The summed E-state index contributed by atoms with van der Waals surface area (Å²) in [5, 5.41) is 2.01. The third-order valence-corrected chi connectivity index (χ3v) is 4.76. The average molecular weight is 466 g/mol. The first-order valence-corrected chi connectivity index (χ1v) is 9.27. The molecule has 0 atom stereocenters. The van der Waals surface area contributed by atoms with E-state index in [4.69, 9.17) is 17.3 Å². The van der Waals surface area contributed by atoms with Crippen LogP contribution in [0.15, 0.2) is 48.8 Å². The summed E-state index contributed by atoms with van der Waals surface area (Å²) < 4.78 is 39.7. The lowest BCUT2D eigenvalue weighted by Gasteiger charge is -2.18. The van der Waals surface area contributed by atoms with Crippen molar-refractivity contribution in [1.29, 1.82) is 0 Å². The van der Waals surface area contributed by atoms with E-state index in [2.05, 4.69) is 15.3 Å². The van der Waals surface area contributed by atoms with Crippen LogP contribution >= 0.6 is 11.6 Å². The maximum Gasteiger partial charge on any atom is 0.417 e. The third-order valence-electron chi connectivity index (χ3n) is 4.45. The number of carbonyl (C=O) groups excluding carboxylic acids is 3. The number of primary amides is 1. The van der Waals surface area contributed by atoms with Gasteiger partial charge in [0, 0.05) is 18.4 Å². The summed E-state index contributed by atoms with van der Waals surface area (Å²) in [6.45, 7) is 0. The lowest BCUT2D eigenvalue weighted by Crippen LogP contribution is -2.29. The van der Waals surface area contributed by atoms with Gasteiger partial charge in [0.1, 0.15) is 5.69 Å². The van der Waals surface area contributed by atoms with Crippen LogP contribution in [0.2, 0.25) is 5.02 Å². The summed E-state index contributed by atoms with van der Waals surface area (Å²) >= 11 is 5.84. The predicted octanol–water partition coefficient (Wildman–Crippen LogP) is 3.71. The van der Waals surface area contributed by atoms with Crippen LogP contribution in [-0.4, -0.2) is 34.7 Å². The molecule has 0 fully saturated rings. The van der Waals surface area contributed by atoms with Crippen LogP contribution in [0.25, 0.3) is 0 Å². The first kappa shape index (κ1) is 22.8. The first-order valence-electron chi connectivity index (χ1n) is 8.89. The van der Waals surface area contributed by atoms with Gasteiger partial charge in [0.05, 0.1) is 22.5 Å². The van der Waals surface area contributed by atoms with Gasteiger partial charge in [-0.25, -0.2) is 4.98 Å². The van der Waals surface area contributed by atoms with Crippen molar-refractivity contribution in [3.63, 3.8) is 0 Å². The Morgan fingerprint density at radius 1 is 1.12 bits per heavy atom. The van der Waals surface area contributed by atoms with Gasteiger partial charge in [-0.15, -0.1) is 0 Å². The van der Waals surface area contributed by atoms with Crippen molar-refractivity contribution in [2.45, 2.75) is 6.18 Å². The Hall–Kier alpha value is -3.86. The Labute approximate surface area is 184 Å². The van der Waals surface area contributed by atoms with Crippen molar-refractivity contribution in [3.8, 4) is 0 Å². The van der Waals surface area contributed by atoms with Crippen LogP contribution in [-0.2, 0) is 6.18 Å². The normalized spacial score (nSPS) is 11.2. The number of aromatic nitrogens is 2. The van der Waals surface area contributed by atoms with Gasteiger partial charge in [-0.05, 0) is 36.4 Å². The molecular weight excluding hydrogens is 451 g/mol. The molecule has 1 aromatic heterocycles. The number of hydrogen-bond donors (Lipinski definition) is 3. The van der Waals surface area contributed by atoms with Crippen molar-refractivity contribution in [1.82, 2.24) is 9.97 Å². The zero-order valence-electron chi connectivity index (χ0n) is 16.3. The van der Waals surface area contributed by atoms with E-state index in [-0.39, 0.29) is 22.1 Å². The number of hydrogen-bond acceptors (Lipinski definition) is 4. The van der Waals surface area contributed by atoms with E-state index in [1.165, 1.54) is 42.3 Å². The fourth-order valence-electron chi connectivity index (χ4n) is 2.88. The number of nitrogens with one attached hydrogen (secondary N) is 2. The van der Waals surface area contributed by atoms with Gasteiger partial charge in [-0.1, -0.05) is 17.7 Å². The molecule has 3 rings (SSSR count). The fraction of sp³-hybridized carbons (Fsp3) is 0.100. The van der Waals surface area contributed by atoms with E-state index >= 15 is 0 Å². The minimum atomic E-state index is -4.76. The molecule has 0 bridgehead atoms. The molecule has 0 aliphatic rings. The number of benzene rings is 2. The molecule has 166 valence electrons. The Kier molecular flexibility index (Phi) is 6.21.